The van der Waals surface area contributed by atoms with E-state index in [-0.39, 0.29) is 5.82 Å². The van der Waals surface area contributed by atoms with Crippen LogP contribution in [-0.2, 0) is 0 Å². The topological polar surface area (TPSA) is 35.8 Å². The van der Waals surface area contributed by atoms with Crippen molar-refractivity contribution in [2.45, 2.75) is 6.92 Å². The van der Waals surface area contributed by atoms with Gasteiger partial charge in [-0.25, -0.2) is 4.39 Å². The lowest BCUT2D eigenvalue weighted by Gasteiger charge is -2.11. The zero-order valence-electron chi connectivity index (χ0n) is 9.37. The van der Waals surface area contributed by atoms with Gasteiger partial charge in [0.1, 0.15) is 11.9 Å². The predicted molar refractivity (Wildman–Crippen MR) is 65.6 cm³/mol. The molecule has 0 aliphatic carbocycles. The predicted octanol–water partition coefficient (Wildman–Crippen LogP) is 3.75. The zero-order chi connectivity index (χ0) is 12.3. The molecule has 2 rings (SSSR count). The fourth-order valence-corrected chi connectivity index (χ4v) is 1.64. The fraction of sp³-hybridized carbons (Fsp3) is 0.0714. The highest BCUT2D eigenvalue weighted by molar-refractivity contribution is 5.69. The van der Waals surface area contributed by atoms with E-state index in [1.54, 1.807) is 18.2 Å². The molecule has 84 valence electrons. The number of nitrogens with zero attached hydrogens (tertiary/aromatic N) is 1. The van der Waals surface area contributed by atoms with E-state index in [2.05, 4.69) is 11.4 Å². The van der Waals surface area contributed by atoms with Crippen LogP contribution in [0.2, 0.25) is 0 Å². The molecule has 0 aliphatic rings. The van der Waals surface area contributed by atoms with Crippen LogP contribution in [0.4, 0.5) is 15.8 Å². The molecule has 2 aromatic carbocycles. The number of benzene rings is 2. The molecule has 0 aliphatic heterocycles. The lowest BCUT2D eigenvalue weighted by Crippen LogP contribution is -1.96. The third kappa shape index (κ3) is 2.43. The van der Waals surface area contributed by atoms with Crippen molar-refractivity contribution in [3.8, 4) is 6.07 Å². The molecule has 0 unspecified atom stereocenters. The Balaban J connectivity index is 2.40. The molecular formula is C14H11FN2. The number of hydrogen-bond donors (Lipinski definition) is 1. The van der Waals surface area contributed by atoms with Gasteiger partial charge in [0.05, 0.1) is 11.3 Å². The van der Waals surface area contributed by atoms with E-state index < -0.39 is 0 Å². The molecular weight excluding hydrogens is 215 g/mol. The number of para-hydroxylation sites is 1. The maximum atomic E-state index is 13.0. The van der Waals surface area contributed by atoms with Gasteiger partial charge in [0, 0.05) is 5.69 Å². The maximum absolute atomic E-state index is 13.0. The lowest BCUT2D eigenvalue weighted by atomic mass is 10.1. The van der Waals surface area contributed by atoms with E-state index in [4.69, 9.17) is 5.26 Å². The molecule has 0 spiro atoms. The standard InChI is InChI=1S/C14H11FN2/c1-10-4-2-5-11(9-16)14(10)17-13-7-3-6-12(15)8-13/h2-8,17H,1H3. The first-order valence-corrected chi connectivity index (χ1v) is 5.23. The molecule has 2 aromatic rings. The molecule has 0 heterocycles. The van der Waals surface area contributed by atoms with Crippen LogP contribution in [0.3, 0.4) is 0 Å². The molecule has 17 heavy (non-hydrogen) atoms. The Bertz CT molecular complexity index is 585. The molecule has 0 fully saturated rings. The first-order chi connectivity index (χ1) is 8.20. The Labute approximate surface area is 99.3 Å². The number of hydrogen-bond acceptors (Lipinski definition) is 2. The molecule has 0 aromatic heterocycles. The summed E-state index contributed by atoms with van der Waals surface area (Å²) in [6, 6.07) is 13.7. The Morgan fingerprint density at radius 1 is 1.18 bits per heavy atom. The van der Waals surface area contributed by atoms with Crippen LogP contribution in [0, 0.1) is 24.1 Å². The van der Waals surface area contributed by atoms with E-state index >= 15 is 0 Å². The van der Waals surface area contributed by atoms with Gasteiger partial charge in [-0.3, -0.25) is 0 Å². The van der Waals surface area contributed by atoms with E-state index in [1.807, 2.05) is 19.1 Å². The number of nitriles is 1. The second-order valence-corrected chi connectivity index (χ2v) is 3.74. The number of halogens is 1. The fourth-order valence-electron chi connectivity index (χ4n) is 1.64. The highest BCUT2D eigenvalue weighted by Crippen LogP contribution is 2.24. The summed E-state index contributed by atoms with van der Waals surface area (Å²) in [6.45, 7) is 1.91. The summed E-state index contributed by atoms with van der Waals surface area (Å²) in [5, 5.41) is 12.1. The number of anilines is 2. The Morgan fingerprint density at radius 2 is 1.94 bits per heavy atom. The van der Waals surface area contributed by atoms with Crippen LogP contribution in [0.25, 0.3) is 0 Å². The molecule has 1 N–H and O–H groups in total. The van der Waals surface area contributed by atoms with E-state index in [0.29, 0.717) is 11.3 Å². The molecule has 0 amide bonds. The summed E-state index contributed by atoms with van der Waals surface area (Å²) < 4.78 is 13.0. The Morgan fingerprint density at radius 3 is 2.65 bits per heavy atom. The largest absolute Gasteiger partial charge is 0.354 e. The molecule has 0 saturated carbocycles. The van der Waals surface area contributed by atoms with Gasteiger partial charge in [-0.1, -0.05) is 18.2 Å². The van der Waals surface area contributed by atoms with Gasteiger partial charge in [-0.15, -0.1) is 0 Å². The minimum atomic E-state index is -0.304. The quantitative estimate of drug-likeness (QED) is 0.846. The molecule has 2 nitrogen and oxygen atoms in total. The Hall–Kier alpha value is -2.34. The average molecular weight is 226 g/mol. The SMILES string of the molecule is Cc1cccc(C#N)c1Nc1cccc(F)c1. The first-order valence-electron chi connectivity index (χ1n) is 5.23. The second kappa shape index (κ2) is 4.67. The van der Waals surface area contributed by atoms with E-state index in [0.717, 1.165) is 11.3 Å². The van der Waals surface area contributed by atoms with Crippen molar-refractivity contribution in [1.82, 2.24) is 0 Å². The third-order valence-electron chi connectivity index (χ3n) is 2.49. The molecule has 0 atom stereocenters. The van der Waals surface area contributed by atoms with Crippen LogP contribution in [0.1, 0.15) is 11.1 Å². The van der Waals surface area contributed by atoms with Gasteiger partial charge < -0.3 is 5.32 Å². The average Bonchev–Trinajstić information content (AvgIpc) is 2.32. The van der Waals surface area contributed by atoms with Crippen molar-refractivity contribution < 1.29 is 4.39 Å². The van der Waals surface area contributed by atoms with E-state index in [1.165, 1.54) is 12.1 Å². The number of aryl methyl sites for hydroxylation is 1. The summed E-state index contributed by atoms with van der Waals surface area (Å²) in [5.41, 5.74) is 2.86. The van der Waals surface area contributed by atoms with Crippen molar-refractivity contribution in [3.63, 3.8) is 0 Å². The van der Waals surface area contributed by atoms with Gasteiger partial charge >= 0.3 is 0 Å². The molecule has 0 bridgehead atoms. The van der Waals surface area contributed by atoms with Crippen molar-refractivity contribution in [3.05, 3.63) is 59.4 Å². The van der Waals surface area contributed by atoms with Crippen molar-refractivity contribution in [2.75, 3.05) is 5.32 Å². The van der Waals surface area contributed by atoms with Gasteiger partial charge in [0.25, 0.3) is 0 Å². The summed E-state index contributed by atoms with van der Waals surface area (Å²) in [6.07, 6.45) is 0. The summed E-state index contributed by atoms with van der Waals surface area (Å²) in [5.74, 6) is -0.304. The Kier molecular flexibility index (Phi) is 3.06. The van der Waals surface area contributed by atoms with Gasteiger partial charge in [-0.2, -0.15) is 5.26 Å². The second-order valence-electron chi connectivity index (χ2n) is 3.74. The summed E-state index contributed by atoms with van der Waals surface area (Å²) in [7, 11) is 0. The zero-order valence-corrected chi connectivity index (χ0v) is 9.37. The number of nitrogens with one attached hydrogen (secondary N) is 1. The minimum Gasteiger partial charge on any atom is -0.354 e. The van der Waals surface area contributed by atoms with Crippen molar-refractivity contribution >= 4 is 11.4 Å². The van der Waals surface area contributed by atoms with Gasteiger partial charge in [-0.05, 0) is 36.8 Å². The van der Waals surface area contributed by atoms with Crippen LogP contribution >= 0.6 is 0 Å². The van der Waals surface area contributed by atoms with Gasteiger partial charge in [0.2, 0.25) is 0 Å². The van der Waals surface area contributed by atoms with Crippen LogP contribution in [0.5, 0.6) is 0 Å². The van der Waals surface area contributed by atoms with Crippen molar-refractivity contribution in [2.24, 2.45) is 0 Å². The lowest BCUT2D eigenvalue weighted by molar-refractivity contribution is 0.628. The van der Waals surface area contributed by atoms with Crippen LogP contribution in [-0.4, -0.2) is 0 Å². The monoisotopic (exact) mass is 226 g/mol. The minimum absolute atomic E-state index is 0.304. The molecule has 3 heteroatoms. The summed E-state index contributed by atoms with van der Waals surface area (Å²) >= 11 is 0. The number of rotatable bonds is 2. The highest BCUT2D eigenvalue weighted by Gasteiger charge is 2.05. The van der Waals surface area contributed by atoms with Crippen LogP contribution < -0.4 is 5.32 Å². The highest BCUT2D eigenvalue weighted by atomic mass is 19.1. The van der Waals surface area contributed by atoms with Crippen molar-refractivity contribution in [1.29, 1.82) is 5.26 Å². The molecule has 0 radical (unpaired) electrons. The van der Waals surface area contributed by atoms with Gasteiger partial charge in [0.15, 0.2) is 0 Å². The third-order valence-corrected chi connectivity index (χ3v) is 2.49. The molecule has 0 saturated heterocycles. The smallest absolute Gasteiger partial charge is 0.125 e. The normalized spacial score (nSPS) is 9.71. The first kappa shape index (κ1) is 11.2. The maximum Gasteiger partial charge on any atom is 0.125 e. The summed E-state index contributed by atoms with van der Waals surface area (Å²) in [4.78, 5) is 0. The van der Waals surface area contributed by atoms with Crippen LogP contribution in [0.15, 0.2) is 42.5 Å². The van der Waals surface area contributed by atoms with E-state index in [9.17, 15) is 4.39 Å².